The van der Waals surface area contributed by atoms with Gasteiger partial charge in [-0.15, -0.1) is 23.1 Å². The van der Waals surface area contributed by atoms with Crippen LogP contribution in [0.4, 0.5) is 0 Å². The Morgan fingerprint density at radius 1 is 1.56 bits per heavy atom. The molecule has 2 heterocycles. The van der Waals surface area contributed by atoms with Crippen molar-refractivity contribution in [1.82, 2.24) is 4.90 Å². The summed E-state index contributed by atoms with van der Waals surface area (Å²) in [6.07, 6.45) is 0. The van der Waals surface area contributed by atoms with Gasteiger partial charge in [0.2, 0.25) is 0 Å². The molecule has 16 heavy (non-hydrogen) atoms. The topological polar surface area (TPSA) is 57.6 Å². The molecule has 0 saturated carbocycles. The number of carbonyl (C=O) groups excluding carboxylic acids is 1. The molecule has 1 fully saturated rings. The quantitative estimate of drug-likeness (QED) is 0.810. The van der Waals surface area contributed by atoms with Crippen molar-refractivity contribution in [3.05, 3.63) is 19.9 Å². The number of nitrogens with zero attached hydrogens (tertiary/aromatic N) is 1. The van der Waals surface area contributed by atoms with E-state index >= 15 is 0 Å². The van der Waals surface area contributed by atoms with E-state index in [1.165, 1.54) is 28.0 Å². The number of thiophene rings is 1. The third-order valence-corrected chi connectivity index (χ3v) is 5.04. The van der Waals surface area contributed by atoms with E-state index in [0.29, 0.717) is 17.2 Å². The number of aliphatic carboxylic acids is 1. The fraction of sp³-hybridized carbons (Fsp3) is 0.333. The highest BCUT2D eigenvalue weighted by atomic mass is 127. The van der Waals surface area contributed by atoms with Gasteiger partial charge in [-0.25, -0.2) is 4.79 Å². The Hall–Kier alpha value is -0.280. The van der Waals surface area contributed by atoms with Crippen molar-refractivity contribution in [2.45, 2.75) is 6.04 Å². The Labute approximate surface area is 114 Å². The van der Waals surface area contributed by atoms with Crippen LogP contribution < -0.4 is 0 Å². The lowest BCUT2D eigenvalue weighted by molar-refractivity contribution is -0.140. The molecule has 2 rings (SSSR count). The lowest BCUT2D eigenvalue weighted by Gasteiger charge is -2.19. The van der Waals surface area contributed by atoms with Crippen molar-refractivity contribution in [3.8, 4) is 0 Å². The second-order valence-electron chi connectivity index (χ2n) is 3.27. The van der Waals surface area contributed by atoms with Crippen LogP contribution in [-0.4, -0.2) is 39.6 Å². The largest absolute Gasteiger partial charge is 0.480 e. The fourth-order valence-electron chi connectivity index (χ4n) is 1.44. The predicted molar refractivity (Wildman–Crippen MR) is 72.0 cm³/mol. The predicted octanol–water partition coefficient (Wildman–Crippen LogP) is 1.95. The summed E-state index contributed by atoms with van der Waals surface area (Å²) in [5.74, 6) is -0.176. The third kappa shape index (κ3) is 2.35. The molecule has 0 radical (unpaired) electrons. The van der Waals surface area contributed by atoms with Gasteiger partial charge in [-0.3, -0.25) is 4.79 Å². The Kier molecular flexibility index (Phi) is 3.75. The molecule has 0 unspecified atom stereocenters. The minimum atomic E-state index is -0.928. The van der Waals surface area contributed by atoms with Crippen LogP contribution in [0.15, 0.2) is 11.4 Å². The van der Waals surface area contributed by atoms with E-state index in [2.05, 4.69) is 22.6 Å². The molecule has 1 amide bonds. The van der Waals surface area contributed by atoms with Gasteiger partial charge < -0.3 is 10.0 Å². The van der Waals surface area contributed by atoms with E-state index < -0.39 is 12.0 Å². The van der Waals surface area contributed by atoms with Gasteiger partial charge in [-0.05, 0) is 28.7 Å². The van der Waals surface area contributed by atoms with E-state index in [1.54, 1.807) is 11.4 Å². The summed E-state index contributed by atoms with van der Waals surface area (Å²) in [4.78, 5) is 24.4. The molecule has 4 nitrogen and oxygen atoms in total. The van der Waals surface area contributed by atoms with Gasteiger partial charge in [0.05, 0.1) is 14.3 Å². The summed E-state index contributed by atoms with van der Waals surface area (Å²) >= 11 is 5.10. The normalized spacial score (nSPS) is 20.1. The van der Waals surface area contributed by atoms with E-state index in [1.807, 2.05) is 0 Å². The number of carbonyl (C=O) groups is 2. The van der Waals surface area contributed by atoms with E-state index in [0.717, 1.165) is 2.88 Å². The molecule has 1 aliphatic heterocycles. The molecule has 1 saturated heterocycles. The monoisotopic (exact) mass is 369 g/mol. The van der Waals surface area contributed by atoms with Crippen molar-refractivity contribution in [3.63, 3.8) is 0 Å². The van der Waals surface area contributed by atoms with Gasteiger partial charge in [0.1, 0.15) is 6.04 Å². The first-order valence-electron chi connectivity index (χ1n) is 4.45. The van der Waals surface area contributed by atoms with Crippen molar-refractivity contribution in [1.29, 1.82) is 0 Å². The van der Waals surface area contributed by atoms with Crippen molar-refractivity contribution in [2.24, 2.45) is 0 Å². The molecule has 1 atom stereocenters. The van der Waals surface area contributed by atoms with Crippen LogP contribution in [0.1, 0.15) is 10.4 Å². The number of carboxylic acids is 1. The number of thioether (sulfide) groups is 1. The smallest absolute Gasteiger partial charge is 0.327 e. The van der Waals surface area contributed by atoms with Crippen molar-refractivity contribution >= 4 is 57.6 Å². The van der Waals surface area contributed by atoms with Crippen LogP contribution in [0.3, 0.4) is 0 Å². The Balaban J connectivity index is 2.18. The van der Waals surface area contributed by atoms with E-state index in [9.17, 15) is 9.59 Å². The minimum Gasteiger partial charge on any atom is -0.480 e. The summed E-state index contributed by atoms with van der Waals surface area (Å²) < 4.78 is 1.03. The number of hydrogen-bond donors (Lipinski definition) is 1. The van der Waals surface area contributed by atoms with Crippen LogP contribution >= 0.6 is 45.7 Å². The molecule has 86 valence electrons. The number of amides is 1. The zero-order valence-electron chi connectivity index (χ0n) is 8.05. The molecular formula is C9H8INO3S2. The zero-order valence-corrected chi connectivity index (χ0v) is 11.8. The first-order chi connectivity index (χ1) is 7.59. The second-order valence-corrected chi connectivity index (χ2v) is 7.07. The first-order valence-corrected chi connectivity index (χ1v) is 7.56. The van der Waals surface area contributed by atoms with Gasteiger partial charge >= 0.3 is 5.97 Å². The second kappa shape index (κ2) is 4.92. The van der Waals surface area contributed by atoms with E-state index in [4.69, 9.17) is 5.11 Å². The summed E-state index contributed by atoms with van der Waals surface area (Å²) in [6.45, 7) is 0. The maximum atomic E-state index is 12.0. The van der Waals surface area contributed by atoms with Gasteiger partial charge in [0, 0.05) is 11.1 Å². The van der Waals surface area contributed by atoms with Gasteiger partial charge in [-0.2, -0.15) is 0 Å². The van der Waals surface area contributed by atoms with Crippen LogP contribution in [0, 0.1) is 2.88 Å². The highest BCUT2D eigenvalue weighted by Gasteiger charge is 2.35. The number of halogens is 1. The van der Waals surface area contributed by atoms with Crippen molar-refractivity contribution in [2.75, 3.05) is 11.6 Å². The Morgan fingerprint density at radius 2 is 2.31 bits per heavy atom. The maximum Gasteiger partial charge on any atom is 0.327 e. The van der Waals surface area contributed by atoms with Crippen LogP contribution in [0.25, 0.3) is 0 Å². The molecule has 1 aromatic rings. The van der Waals surface area contributed by atoms with Gasteiger partial charge in [0.25, 0.3) is 5.91 Å². The highest BCUT2D eigenvalue weighted by molar-refractivity contribution is 14.1. The molecule has 1 N–H and O–H groups in total. The molecule has 1 aliphatic rings. The fourth-order valence-corrected chi connectivity index (χ4v) is 3.90. The average Bonchev–Trinajstić information content (AvgIpc) is 2.84. The standard InChI is InChI=1S/C9H8INO3S2/c10-7-1-5(2-16-7)8(12)11-4-15-3-6(11)9(13)14/h1-2,6H,3-4H2,(H,13,14)/t6-/m0/s1. The molecule has 0 spiro atoms. The molecule has 0 bridgehead atoms. The van der Waals surface area contributed by atoms with Crippen molar-refractivity contribution < 1.29 is 14.7 Å². The lowest BCUT2D eigenvalue weighted by Crippen LogP contribution is -2.41. The SMILES string of the molecule is O=C(O)[C@@H]1CSCN1C(=O)c1csc(I)c1. The van der Waals surface area contributed by atoms with Gasteiger partial charge in [0.15, 0.2) is 0 Å². The summed E-state index contributed by atoms with van der Waals surface area (Å²) in [6, 6.07) is 1.10. The lowest BCUT2D eigenvalue weighted by atomic mass is 10.2. The first kappa shape index (κ1) is 12.2. The minimum absolute atomic E-state index is 0.184. The summed E-state index contributed by atoms with van der Waals surface area (Å²) in [5.41, 5.74) is 0.586. The molecule has 0 aliphatic carbocycles. The molecular weight excluding hydrogens is 361 g/mol. The number of hydrogen-bond acceptors (Lipinski definition) is 4. The third-order valence-electron chi connectivity index (χ3n) is 2.24. The van der Waals surface area contributed by atoms with Crippen LogP contribution in [0.5, 0.6) is 0 Å². The summed E-state index contributed by atoms with van der Waals surface area (Å²) in [7, 11) is 0. The van der Waals surface area contributed by atoms with E-state index in [-0.39, 0.29) is 5.91 Å². The summed E-state index contributed by atoms with van der Waals surface area (Å²) in [5, 5.41) is 10.7. The Bertz CT molecular complexity index is 434. The van der Waals surface area contributed by atoms with Crippen LogP contribution in [-0.2, 0) is 4.79 Å². The molecule has 0 aromatic carbocycles. The molecule has 1 aromatic heterocycles. The maximum absolute atomic E-state index is 12.0. The Morgan fingerprint density at radius 3 is 2.88 bits per heavy atom. The van der Waals surface area contributed by atoms with Crippen LogP contribution in [0.2, 0.25) is 0 Å². The zero-order chi connectivity index (χ0) is 11.7. The average molecular weight is 369 g/mol. The van der Waals surface area contributed by atoms with Gasteiger partial charge in [-0.1, -0.05) is 0 Å². The number of carboxylic acid groups (broad SMARTS) is 1. The highest BCUT2D eigenvalue weighted by Crippen LogP contribution is 2.25. The molecule has 7 heteroatoms. The number of rotatable bonds is 2.